The van der Waals surface area contributed by atoms with Crippen LogP contribution in [0.4, 0.5) is 0 Å². The largest absolute Gasteiger partial charge is 0.464 e. The lowest BCUT2D eigenvalue weighted by molar-refractivity contribution is 0.0592. The summed E-state index contributed by atoms with van der Waals surface area (Å²) < 4.78 is 6.51. The molecule has 4 aromatic rings. The van der Waals surface area contributed by atoms with E-state index in [1.54, 1.807) is 4.57 Å². The van der Waals surface area contributed by atoms with Gasteiger partial charge in [0.25, 0.3) is 0 Å². The molecule has 0 fully saturated rings. The van der Waals surface area contributed by atoms with Gasteiger partial charge in [0.1, 0.15) is 5.69 Å². The monoisotopic (exact) mass is 336 g/mol. The van der Waals surface area contributed by atoms with Gasteiger partial charge in [0.05, 0.1) is 13.7 Å². The summed E-state index contributed by atoms with van der Waals surface area (Å²) in [6, 6.07) is 15.7. The second kappa shape index (κ2) is 7.23. The Morgan fingerprint density at radius 2 is 1.72 bits per heavy atom. The number of fused-ring (bicyclic) bond motifs is 2. The summed E-state index contributed by atoms with van der Waals surface area (Å²) in [4.78, 5) is 14.5. The molecule has 0 aliphatic carbocycles. The van der Waals surface area contributed by atoms with Crippen LogP contribution < -0.4 is 0 Å². The molecule has 5 nitrogen and oxygen atoms in total. The topological polar surface area (TPSA) is 67.2 Å². The molecular weight excluding hydrogens is 316 g/mol. The molecule has 0 aliphatic heterocycles. The third kappa shape index (κ3) is 3.27. The quantitative estimate of drug-likeness (QED) is 0.549. The summed E-state index contributed by atoms with van der Waals surface area (Å²) in [7, 11) is 3.23. The molecule has 2 aromatic heterocycles. The zero-order valence-corrected chi connectivity index (χ0v) is 14.2. The number of aliphatic hydroxyl groups excluding tert-OH is 1. The molecule has 0 saturated heterocycles. The Morgan fingerprint density at radius 1 is 1.08 bits per heavy atom. The molecule has 4 rings (SSSR count). The number of aliphatic hydroxyl groups is 1. The molecule has 25 heavy (non-hydrogen) atoms. The van der Waals surface area contributed by atoms with Gasteiger partial charge in [-0.1, -0.05) is 48.5 Å². The lowest BCUT2D eigenvalue weighted by atomic mass is 10.2. The van der Waals surface area contributed by atoms with Crippen LogP contribution in [0, 0.1) is 0 Å². The average molecular weight is 336 g/mol. The Balaban J connectivity index is 0.000000150. The summed E-state index contributed by atoms with van der Waals surface area (Å²) in [6.07, 6.45) is 3.82. The van der Waals surface area contributed by atoms with E-state index in [0.29, 0.717) is 5.69 Å². The molecule has 0 spiro atoms. The third-order valence-corrected chi connectivity index (χ3v) is 4.13. The number of rotatable bonds is 2. The predicted octanol–water partition coefficient (Wildman–Crippen LogP) is 3.63. The minimum absolute atomic E-state index is 0.0769. The van der Waals surface area contributed by atoms with Crippen LogP contribution in [-0.4, -0.2) is 27.7 Å². The number of esters is 1. The van der Waals surface area contributed by atoms with Gasteiger partial charge in [-0.25, -0.2) is 4.79 Å². The van der Waals surface area contributed by atoms with Crippen LogP contribution in [0.15, 0.2) is 60.9 Å². The maximum atomic E-state index is 11.5. The highest BCUT2D eigenvalue weighted by Crippen LogP contribution is 2.20. The van der Waals surface area contributed by atoms with Crippen molar-refractivity contribution in [1.29, 1.82) is 0 Å². The predicted molar refractivity (Wildman–Crippen MR) is 98.5 cm³/mol. The van der Waals surface area contributed by atoms with Crippen molar-refractivity contribution in [2.24, 2.45) is 7.05 Å². The molecule has 0 aliphatic rings. The smallest absolute Gasteiger partial charge is 0.355 e. The highest BCUT2D eigenvalue weighted by molar-refractivity contribution is 6.03. The van der Waals surface area contributed by atoms with E-state index in [2.05, 4.69) is 4.98 Å². The van der Waals surface area contributed by atoms with Gasteiger partial charge in [0.2, 0.25) is 0 Å². The Morgan fingerprint density at radius 3 is 2.40 bits per heavy atom. The molecule has 5 heteroatoms. The molecule has 0 unspecified atom stereocenters. The summed E-state index contributed by atoms with van der Waals surface area (Å²) >= 11 is 0. The fourth-order valence-corrected chi connectivity index (χ4v) is 2.91. The van der Waals surface area contributed by atoms with Gasteiger partial charge in [0, 0.05) is 41.3 Å². The van der Waals surface area contributed by atoms with Gasteiger partial charge in [-0.05, 0) is 5.39 Å². The first-order valence-corrected chi connectivity index (χ1v) is 7.94. The van der Waals surface area contributed by atoms with E-state index in [1.807, 2.05) is 68.0 Å². The maximum Gasteiger partial charge on any atom is 0.355 e. The van der Waals surface area contributed by atoms with Crippen LogP contribution in [0.2, 0.25) is 0 Å². The molecule has 0 amide bonds. The number of hydrogen-bond acceptors (Lipinski definition) is 3. The molecule has 0 bridgehead atoms. The minimum Gasteiger partial charge on any atom is -0.464 e. The Bertz CT molecular complexity index is 1010. The fraction of sp³-hybridized carbons (Fsp3) is 0.150. The van der Waals surface area contributed by atoms with Crippen molar-refractivity contribution in [3.63, 3.8) is 0 Å². The summed E-state index contributed by atoms with van der Waals surface area (Å²) in [5.41, 5.74) is 1.49. The van der Waals surface area contributed by atoms with E-state index >= 15 is 0 Å². The first kappa shape index (κ1) is 16.8. The summed E-state index contributed by atoms with van der Waals surface area (Å²) in [6.45, 7) is 0.0769. The number of H-pyrrole nitrogens is 1. The van der Waals surface area contributed by atoms with E-state index < -0.39 is 0 Å². The first-order valence-electron chi connectivity index (χ1n) is 7.94. The molecular formula is C20H20N2O3. The normalized spacial score (nSPS) is 10.5. The summed E-state index contributed by atoms with van der Waals surface area (Å²) in [5.74, 6) is -0.297. The van der Waals surface area contributed by atoms with Crippen molar-refractivity contribution < 1.29 is 14.6 Å². The van der Waals surface area contributed by atoms with Crippen molar-refractivity contribution in [2.45, 2.75) is 6.61 Å². The minimum atomic E-state index is -0.297. The van der Waals surface area contributed by atoms with Crippen LogP contribution in [0.25, 0.3) is 21.5 Å². The fourth-order valence-electron chi connectivity index (χ4n) is 2.91. The molecule has 2 N–H and O–H groups in total. The SMILES string of the molecule is COC(=O)c1c2ccccc2cn1C.OCc1[nH]cc2ccccc12. The zero-order chi connectivity index (χ0) is 17.8. The standard InChI is InChI=1S/C11H11NO2.C9H9NO/c1-12-7-8-5-3-4-6-9(8)10(12)11(13)14-2;11-6-9-8-4-2-1-3-7(8)5-10-9/h3-7H,1-2H3;1-5,10-11H,6H2. The molecule has 0 saturated carbocycles. The van der Waals surface area contributed by atoms with Crippen molar-refractivity contribution >= 4 is 27.5 Å². The average Bonchev–Trinajstić information content (AvgIpc) is 3.21. The number of ether oxygens (including phenoxy) is 1. The van der Waals surface area contributed by atoms with E-state index in [9.17, 15) is 4.79 Å². The number of carbonyl (C=O) groups is 1. The lowest BCUT2D eigenvalue weighted by Crippen LogP contribution is -2.07. The molecule has 2 aromatic carbocycles. The highest BCUT2D eigenvalue weighted by Gasteiger charge is 2.14. The highest BCUT2D eigenvalue weighted by atomic mass is 16.5. The number of aromatic amines is 1. The molecule has 0 radical (unpaired) electrons. The Kier molecular flexibility index (Phi) is 4.86. The van der Waals surface area contributed by atoms with Gasteiger partial charge in [0.15, 0.2) is 0 Å². The van der Waals surface area contributed by atoms with Crippen LogP contribution in [0.1, 0.15) is 16.2 Å². The van der Waals surface area contributed by atoms with E-state index in [0.717, 1.165) is 27.2 Å². The van der Waals surface area contributed by atoms with Crippen LogP contribution in [0.3, 0.4) is 0 Å². The van der Waals surface area contributed by atoms with Gasteiger partial charge in [-0.3, -0.25) is 0 Å². The lowest BCUT2D eigenvalue weighted by Gasteiger charge is -2.00. The van der Waals surface area contributed by atoms with Crippen LogP contribution in [-0.2, 0) is 18.4 Å². The third-order valence-electron chi connectivity index (χ3n) is 4.13. The van der Waals surface area contributed by atoms with E-state index in [4.69, 9.17) is 9.84 Å². The van der Waals surface area contributed by atoms with Gasteiger partial charge in [-0.15, -0.1) is 0 Å². The number of nitrogens with one attached hydrogen (secondary N) is 1. The van der Waals surface area contributed by atoms with E-state index in [-0.39, 0.29) is 12.6 Å². The van der Waals surface area contributed by atoms with Crippen LogP contribution >= 0.6 is 0 Å². The Labute approximate surface area is 145 Å². The van der Waals surface area contributed by atoms with Gasteiger partial charge < -0.3 is 19.4 Å². The number of benzene rings is 2. The number of methoxy groups -OCH3 is 1. The number of hydrogen-bond donors (Lipinski definition) is 2. The van der Waals surface area contributed by atoms with Crippen molar-refractivity contribution in [1.82, 2.24) is 9.55 Å². The summed E-state index contributed by atoms with van der Waals surface area (Å²) in [5, 5.41) is 13.1. The number of carbonyl (C=O) groups excluding carboxylic acids is 1. The van der Waals surface area contributed by atoms with Crippen molar-refractivity contribution in [3.05, 3.63) is 72.3 Å². The number of aryl methyl sites for hydroxylation is 1. The van der Waals surface area contributed by atoms with Crippen LogP contribution in [0.5, 0.6) is 0 Å². The molecule has 0 atom stereocenters. The Hall–Kier alpha value is -3.05. The van der Waals surface area contributed by atoms with Gasteiger partial charge >= 0.3 is 5.97 Å². The molecule has 128 valence electrons. The van der Waals surface area contributed by atoms with Crippen molar-refractivity contribution in [2.75, 3.05) is 7.11 Å². The zero-order valence-electron chi connectivity index (χ0n) is 14.2. The maximum absolute atomic E-state index is 11.5. The number of nitrogens with zero attached hydrogens (tertiary/aromatic N) is 1. The second-order valence-electron chi connectivity index (χ2n) is 5.68. The second-order valence-corrected chi connectivity index (χ2v) is 5.68. The number of aromatic nitrogens is 2. The van der Waals surface area contributed by atoms with Gasteiger partial charge in [-0.2, -0.15) is 0 Å². The first-order chi connectivity index (χ1) is 12.2. The van der Waals surface area contributed by atoms with Crippen molar-refractivity contribution in [3.8, 4) is 0 Å². The molecule has 2 heterocycles. The van der Waals surface area contributed by atoms with E-state index in [1.165, 1.54) is 7.11 Å².